The third-order valence-corrected chi connectivity index (χ3v) is 4.55. The van der Waals surface area contributed by atoms with Gasteiger partial charge in [0.1, 0.15) is 5.82 Å². The van der Waals surface area contributed by atoms with Gasteiger partial charge in [-0.1, -0.05) is 40.9 Å². The Kier molecular flexibility index (Phi) is 6.21. The molecule has 140 valence electrons. The summed E-state index contributed by atoms with van der Waals surface area (Å²) in [6.07, 6.45) is 3.04. The summed E-state index contributed by atoms with van der Waals surface area (Å²) in [5.74, 6) is 0.304. The molecule has 1 aromatic carbocycles. The molecule has 0 aliphatic heterocycles. The minimum absolute atomic E-state index is 0.210. The summed E-state index contributed by atoms with van der Waals surface area (Å²) in [4.78, 5) is 16.5. The molecule has 2 aromatic heterocycles. The topological polar surface area (TPSA) is 71.8 Å². The highest BCUT2D eigenvalue weighted by molar-refractivity contribution is 6.35. The van der Waals surface area contributed by atoms with Crippen molar-refractivity contribution in [2.45, 2.75) is 6.92 Å². The van der Waals surface area contributed by atoms with Gasteiger partial charge >= 0.3 is 0 Å². The number of halogens is 3. The fourth-order valence-corrected chi connectivity index (χ4v) is 3.13. The van der Waals surface area contributed by atoms with Crippen LogP contribution in [0.2, 0.25) is 15.1 Å². The molecule has 9 heteroatoms. The third-order valence-electron chi connectivity index (χ3n) is 3.82. The first-order chi connectivity index (χ1) is 13.0. The predicted octanol–water partition coefficient (Wildman–Crippen LogP) is 4.38. The van der Waals surface area contributed by atoms with Gasteiger partial charge in [-0.2, -0.15) is 5.10 Å². The Labute approximate surface area is 171 Å². The molecule has 0 atom stereocenters. The van der Waals surface area contributed by atoms with E-state index in [-0.39, 0.29) is 5.91 Å². The van der Waals surface area contributed by atoms with Crippen molar-refractivity contribution in [3.8, 4) is 5.69 Å². The first-order valence-corrected chi connectivity index (χ1v) is 9.23. The second-order valence-corrected chi connectivity index (χ2v) is 6.98. The van der Waals surface area contributed by atoms with Crippen LogP contribution in [0.3, 0.4) is 0 Å². The SMILES string of the molecule is Cc1c(C(=O)NCCNc2ncc(Cl)cc2Cl)cnn1-c1cccc(Cl)c1. The number of anilines is 1. The molecular weight excluding hydrogens is 409 g/mol. The Bertz CT molecular complexity index is 973. The zero-order chi connectivity index (χ0) is 19.4. The molecule has 0 saturated carbocycles. The molecule has 0 unspecified atom stereocenters. The fraction of sp³-hybridized carbons (Fsp3) is 0.167. The first kappa shape index (κ1) is 19.5. The van der Waals surface area contributed by atoms with Crippen LogP contribution in [0.15, 0.2) is 42.7 Å². The number of pyridine rings is 1. The number of benzene rings is 1. The van der Waals surface area contributed by atoms with Crippen molar-refractivity contribution in [2.24, 2.45) is 0 Å². The second-order valence-electron chi connectivity index (χ2n) is 5.70. The molecule has 1 amide bonds. The molecule has 2 heterocycles. The number of aromatic nitrogens is 3. The monoisotopic (exact) mass is 423 g/mol. The summed E-state index contributed by atoms with van der Waals surface area (Å²) < 4.78 is 1.68. The third kappa shape index (κ3) is 4.71. The van der Waals surface area contributed by atoms with E-state index < -0.39 is 0 Å². The lowest BCUT2D eigenvalue weighted by Crippen LogP contribution is -2.29. The summed E-state index contributed by atoms with van der Waals surface area (Å²) >= 11 is 17.9. The molecule has 0 spiro atoms. The maximum atomic E-state index is 12.4. The zero-order valence-corrected chi connectivity index (χ0v) is 16.6. The second kappa shape index (κ2) is 8.61. The maximum Gasteiger partial charge on any atom is 0.254 e. The highest BCUT2D eigenvalue weighted by Gasteiger charge is 2.15. The Balaban J connectivity index is 1.59. The van der Waals surface area contributed by atoms with Crippen LogP contribution in [0.1, 0.15) is 16.1 Å². The van der Waals surface area contributed by atoms with E-state index in [1.54, 1.807) is 22.9 Å². The van der Waals surface area contributed by atoms with Crippen molar-refractivity contribution in [1.29, 1.82) is 0 Å². The van der Waals surface area contributed by atoms with E-state index in [0.717, 1.165) is 11.4 Å². The van der Waals surface area contributed by atoms with Crippen molar-refractivity contribution in [1.82, 2.24) is 20.1 Å². The van der Waals surface area contributed by atoms with Gasteiger partial charge in [0, 0.05) is 24.3 Å². The van der Waals surface area contributed by atoms with Gasteiger partial charge in [-0.05, 0) is 31.2 Å². The Morgan fingerprint density at radius 1 is 1.11 bits per heavy atom. The van der Waals surface area contributed by atoms with Crippen molar-refractivity contribution < 1.29 is 4.79 Å². The lowest BCUT2D eigenvalue weighted by atomic mass is 10.2. The van der Waals surface area contributed by atoms with Crippen molar-refractivity contribution in [3.63, 3.8) is 0 Å². The normalized spacial score (nSPS) is 10.7. The van der Waals surface area contributed by atoms with Gasteiger partial charge in [-0.15, -0.1) is 0 Å². The molecule has 0 fully saturated rings. The minimum Gasteiger partial charge on any atom is -0.367 e. The number of nitrogens with zero attached hydrogens (tertiary/aromatic N) is 3. The molecule has 6 nitrogen and oxygen atoms in total. The number of carbonyl (C=O) groups is 1. The smallest absolute Gasteiger partial charge is 0.254 e. The molecule has 0 aliphatic carbocycles. The van der Waals surface area contributed by atoms with Crippen LogP contribution in [-0.2, 0) is 0 Å². The Morgan fingerprint density at radius 3 is 2.67 bits per heavy atom. The molecule has 3 rings (SSSR count). The summed E-state index contributed by atoms with van der Waals surface area (Å²) in [5, 5.41) is 11.7. The van der Waals surface area contributed by atoms with Gasteiger partial charge in [-0.3, -0.25) is 4.79 Å². The minimum atomic E-state index is -0.210. The summed E-state index contributed by atoms with van der Waals surface area (Å²) in [6.45, 7) is 2.68. The van der Waals surface area contributed by atoms with E-state index in [4.69, 9.17) is 34.8 Å². The van der Waals surface area contributed by atoms with Crippen LogP contribution in [0.25, 0.3) is 5.69 Å². The summed E-state index contributed by atoms with van der Waals surface area (Å²) in [5.41, 5.74) is 2.02. The lowest BCUT2D eigenvalue weighted by Gasteiger charge is -2.09. The molecular formula is C18H16Cl3N5O. The average Bonchev–Trinajstić information content (AvgIpc) is 3.01. The van der Waals surface area contributed by atoms with Crippen LogP contribution in [0.4, 0.5) is 5.82 Å². The van der Waals surface area contributed by atoms with E-state index in [0.29, 0.717) is 39.5 Å². The number of carbonyl (C=O) groups excluding carboxylic acids is 1. The number of hydrogen-bond donors (Lipinski definition) is 2. The first-order valence-electron chi connectivity index (χ1n) is 8.09. The van der Waals surface area contributed by atoms with Crippen LogP contribution in [0, 0.1) is 6.92 Å². The summed E-state index contributed by atoms with van der Waals surface area (Å²) in [7, 11) is 0. The molecule has 0 radical (unpaired) electrons. The van der Waals surface area contributed by atoms with Gasteiger partial charge in [0.2, 0.25) is 0 Å². The Morgan fingerprint density at radius 2 is 1.93 bits per heavy atom. The predicted molar refractivity (Wildman–Crippen MR) is 108 cm³/mol. The molecule has 2 N–H and O–H groups in total. The van der Waals surface area contributed by atoms with Gasteiger partial charge in [0.05, 0.1) is 33.2 Å². The van der Waals surface area contributed by atoms with E-state index >= 15 is 0 Å². The van der Waals surface area contributed by atoms with E-state index in [2.05, 4.69) is 20.7 Å². The molecule has 3 aromatic rings. The highest BCUT2D eigenvalue weighted by atomic mass is 35.5. The van der Waals surface area contributed by atoms with Crippen LogP contribution in [0.5, 0.6) is 0 Å². The van der Waals surface area contributed by atoms with Crippen LogP contribution in [-0.4, -0.2) is 33.8 Å². The molecule has 0 saturated heterocycles. The van der Waals surface area contributed by atoms with Crippen molar-refractivity contribution in [3.05, 3.63) is 69.1 Å². The molecule has 27 heavy (non-hydrogen) atoms. The summed E-state index contributed by atoms with van der Waals surface area (Å²) in [6, 6.07) is 8.88. The fourth-order valence-electron chi connectivity index (χ4n) is 2.50. The van der Waals surface area contributed by atoms with Crippen LogP contribution < -0.4 is 10.6 Å². The van der Waals surface area contributed by atoms with Gasteiger partial charge < -0.3 is 10.6 Å². The van der Waals surface area contributed by atoms with Gasteiger partial charge in [0.15, 0.2) is 0 Å². The molecule has 0 aliphatic rings. The number of nitrogens with one attached hydrogen (secondary N) is 2. The maximum absolute atomic E-state index is 12.4. The number of rotatable bonds is 6. The average molecular weight is 425 g/mol. The zero-order valence-electron chi connectivity index (χ0n) is 14.3. The largest absolute Gasteiger partial charge is 0.367 e. The van der Waals surface area contributed by atoms with E-state index in [9.17, 15) is 4.79 Å². The molecule has 0 bridgehead atoms. The van der Waals surface area contributed by atoms with Gasteiger partial charge in [-0.25, -0.2) is 9.67 Å². The van der Waals surface area contributed by atoms with Crippen LogP contribution >= 0.6 is 34.8 Å². The van der Waals surface area contributed by atoms with Gasteiger partial charge in [0.25, 0.3) is 5.91 Å². The lowest BCUT2D eigenvalue weighted by molar-refractivity contribution is 0.0954. The Hall–Kier alpha value is -2.28. The standard InChI is InChI=1S/C18H16Cl3N5O/c1-11-15(10-25-26(11)14-4-2-3-12(19)7-14)18(27)23-6-5-22-17-16(21)8-13(20)9-24-17/h2-4,7-10H,5-6H2,1H3,(H,22,24)(H,23,27). The quantitative estimate of drug-likeness (QED) is 0.576. The van der Waals surface area contributed by atoms with E-state index in [1.807, 2.05) is 19.1 Å². The van der Waals surface area contributed by atoms with Crippen molar-refractivity contribution >= 4 is 46.5 Å². The number of hydrogen-bond acceptors (Lipinski definition) is 4. The van der Waals surface area contributed by atoms with E-state index in [1.165, 1.54) is 12.4 Å². The highest BCUT2D eigenvalue weighted by Crippen LogP contribution is 2.22. The number of amides is 1. The van der Waals surface area contributed by atoms with Crippen molar-refractivity contribution in [2.75, 3.05) is 18.4 Å².